The predicted molar refractivity (Wildman–Crippen MR) is 106 cm³/mol. The van der Waals surface area contributed by atoms with Gasteiger partial charge in [0.25, 0.3) is 0 Å². The van der Waals surface area contributed by atoms with E-state index in [1.165, 1.54) is 12.1 Å². The fraction of sp³-hybridized carbons (Fsp3) is 0.364. The minimum absolute atomic E-state index is 0.0848. The van der Waals surface area contributed by atoms with Crippen molar-refractivity contribution < 1.29 is 14.3 Å². The molecule has 0 radical (unpaired) electrons. The van der Waals surface area contributed by atoms with Gasteiger partial charge in [-0.25, -0.2) is 9.37 Å². The number of carbonyl (C=O) groups is 1. The molecule has 6 heteroatoms. The van der Waals surface area contributed by atoms with Crippen LogP contribution in [0.15, 0.2) is 48.7 Å². The molecule has 3 heterocycles. The molecule has 2 aromatic heterocycles. The van der Waals surface area contributed by atoms with Gasteiger partial charge in [0.15, 0.2) is 0 Å². The molecule has 1 amide bonds. The van der Waals surface area contributed by atoms with Crippen LogP contribution in [-0.4, -0.2) is 44.7 Å². The van der Waals surface area contributed by atoms with Crippen molar-refractivity contribution in [1.82, 2.24) is 14.5 Å². The lowest BCUT2D eigenvalue weighted by Crippen LogP contribution is -2.45. The molecule has 3 aromatic rings. The normalized spacial score (nSPS) is 19.9. The lowest BCUT2D eigenvalue weighted by atomic mass is 9.96. The number of amides is 1. The van der Waals surface area contributed by atoms with Gasteiger partial charge in [0, 0.05) is 37.6 Å². The zero-order valence-electron chi connectivity index (χ0n) is 15.9. The van der Waals surface area contributed by atoms with E-state index in [1.807, 2.05) is 34.6 Å². The molecule has 0 unspecified atom stereocenters. The number of piperidine rings is 1. The number of hydrogen-bond donors (Lipinski definition) is 1. The largest absolute Gasteiger partial charge is 0.393 e. The zero-order chi connectivity index (χ0) is 19.7. The first-order chi connectivity index (χ1) is 13.5. The van der Waals surface area contributed by atoms with Gasteiger partial charge < -0.3 is 14.6 Å². The summed E-state index contributed by atoms with van der Waals surface area (Å²) in [4.78, 5) is 19.1. The molecule has 4 rings (SSSR count). The maximum absolute atomic E-state index is 13.3. The Bertz CT molecular complexity index is 983. The number of rotatable bonds is 4. The molecule has 146 valence electrons. The smallest absolute Gasteiger partial charge is 0.224 e. The molecular weight excluding hydrogens is 357 g/mol. The second-order valence-electron chi connectivity index (χ2n) is 7.53. The van der Waals surface area contributed by atoms with E-state index in [-0.39, 0.29) is 23.7 Å². The van der Waals surface area contributed by atoms with E-state index in [9.17, 15) is 14.3 Å². The van der Waals surface area contributed by atoms with Gasteiger partial charge in [-0.3, -0.25) is 4.79 Å². The van der Waals surface area contributed by atoms with E-state index in [4.69, 9.17) is 0 Å². The number of halogens is 1. The Hall–Kier alpha value is -2.73. The quantitative estimate of drug-likeness (QED) is 0.753. The third-order valence-corrected chi connectivity index (χ3v) is 5.56. The molecule has 28 heavy (non-hydrogen) atoms. The molecule has 0 saturated carbocycles. The Balaban J connectivity index is 1.58. The SMILES string of the molecule is C[C@@H]1CN(C(=O)CCn2c(-c3ccc(F)cc3)cc3cccnc32)CC[C@H]1O. The predicted octanol–water partition coefficient (Wildman–Crippen LogP) is 3.46. The molecule has 0 bridgehead atoms. The molecule has 1 aliphatic rings. The summed E-state index contributed by atoms with van der Waals surface area (Å²) in [5.41, 5.74) is 2.63. The van der Waals surface area contributed by atoms with Crippen LogP contribution in [0.4, 0.5) is 4.39 Å². The van der Waals surface area contributed by atoms with Crippen molar-refractivity contribution in [3.05, 3.63) is 54.5 Å². The highest BCUT2D eigenvalue weighted by Gasteiger charge is 2.27. The molecule has 1 aromatic carbocycles. The summed E-state index contributed by atoms with van der Waals surface area (Å²) in [5, 5.41) is 10.9. The van der Waals surface area contributed by atoms with Crippen molar-refractivity contribution in [2.75, 3.05) is 13.1 Å². The molecule has 0 aliphatic carbocycles. The van der Waals surface area contributed by atoms with Crippen molar-refractivity contribution in [2.45, 2.75) is 32.4 Å². The van der Waals surface area contributed by atoms with Crippen LogP contribution in [-0.2, 0) is 11.3 Å². The van der Waals surface area contributed by atoms with Crippen molar-refractivity contribution in [2.24, 2.45) is 5.92 Å². The Morgan fingerprint density at radius 2 is 2.07 bits per heavy atom. The van der Waals surface area contributed by atoms with Gasteiger partial charge in [-0.2, -0.15) is 0 Å². The minimum Gasteiger partial charge on any atom is -0.393 e. The van der Waals surface area contributed by atoms with Crippen molar-refractivity contribution in [1.29, 1.82) is 0 Å². The van der Waals surface area contributed by atoms with E-state index < -0.39 is 0 Å². The molecular formula is C22H24FN3O2. The summed E-state index contributed by atoms with van der Waals surface area (Å²) in [6.45, 7) is 3.66. The average molecular weight is 381 g/mol. The summed E-state index contributed by atoms with van der Waals surface area (Å²) >= 11 is 0. The molecule has 1 aliphatic heterocycles. The molecule has 5 nitrogen and oxygen atoms in total. The molecule has 0 spiro atoms. The zero-order valence-corrected chi connectivity index (χ0v) is 15.9. The number of carbonyl (C=O) groups excluding carboxylic acids is 1. The summed E-state index contributed by atoms with van der Waals surface area (Å²) < 4.78 is 15.4. The topological polar surface area (TPSA) is 58.4 Å². The number of benzene rings is 1. The first-order valence-corrected chi connectivity index (χ1v) is 9.69. The Labute approximate surface area is 163 Å². The number of hydrogen-bond acceptors (Lipinski definition) is 3. The molecule has 1 fully saturated rings. The number of fused-ring (bicyclic) bond motifs is 1. The van der Waals surface area contributed by atoms with Gasteiger partial charge in [-0.15, -0.1) is 0 Å². The molecule has 1 N–H and O–H groups in total. The molecule has 1 saturated heterocycles. The average Bonchev–Trinajstić information content (AvgIpc) is 3.07. The second kappa shape index (κ2) is 7.72. The van der Waals surface area contributed by atoms with Crippen LogP contribution >= 0.6 is 0 Å². The van der Waals surface area contributed by atoms with Gasteiger partial charge >= 0.3 is 0 Å². The number of likely N-dealkylation sites (tertiary alicyclic amines) is 1. The van der Waals surface area contributed by atoms with Crippen LogP contribution in [0.3, 0.4) is 0 Å². The highest BCUT2D eigenvalue weighted by molar-refractivity contribution is 5.84. The highest BCUT2D eigenvalue weighted by Crippen LogP contribution is 2.28. The van der Waals surface area contributed by atoms with E-state index >= 15 is 0 Å². The first-order valence-electron chi connectivity index (χ1n) is 9.69. The van der Waals surface area contributed by atoms with Crippen LogP contribution in [0.5, 0.6) is 0 Å². The highest BCUT2D eigenvalue weighted by atomic mass is 19.1. The van der Waals surface area contributed by atoms with E-state index in [0.717, 1.165) is 22.3 Å². The third-order valence-electron chi connectivity index (χ3n) is 5.56. The van der Waals surface area contributed by atoms with Gasteiger partial charge in [-0.05, 0) is 60.4 Å². The number of aliphatic hydroxyl groups is 1. The van der Waals surface area contributed by atoms with Crippen molar-refractivity contribution in [3.63, 3.8) is 0 Å². The number of nitrogens with zero attached hydrogens (tertiary/aromatic N) is 3. The standard InChI is InChI=1S/C22H24FN3O2/c1-15-14-25(11-8-20(15)27)21(28)9-12-26-19(16-4-6-18(23)7-5-16)13-17-3-2-10-24-22(17)26/h2-7,10,13,15,20,27H,8-9,11-12,14H2,1H3/t15-,20-/m1/s1. The summed E-state index contributed by atoms with van der Waals surface area (Å²) in [7, 11) is 0. The Kier molecular flexibility index (Phi) is 5.13. The Morgan fingerprint density at radius 3 is 2.82 bits per heavy atom. The van der Waals surface area contributed by atoms with Gasteiger partial charge in [0.05, 0.1) is 11.8 Å². The lowest BCUT2D eigenvalue weighted by molar-refractivity contribution is -0.134. The number of aryl methyl sites for hydroxylation is 1. The minimum atomic E-state index is -0.327. The summed E-state index contributed by atoms with van der Waals surface area (Å²) in [6, 6.07) is 12.3. The summed E-state index contributed by atoms with van der Waals surface area (Å²) in [5.74, 6) is -0.0933. The molecule has 2 atom stereocenters. The van der Waals surface area contributed by atoms with Crippen LogP contribution < -0.4 is 0 Å². The van der Waals surface area contributed by atoms with Gasteiger partial charge in [0.2, 0.25) is 5.91 Å². The van der Waals surface area contributed by atoms with Gasteiger partial charge in [0.1, 0.15) is 11.5 Å². The van der Waals surface area contributed by atoms with Crippen molar-refractivity contribution in [3.8, 4) is 11.3 Å². The monoisotopic (exact) mass is 381 g/mol. The number of aromatic nitrogens is 2. The van der Waals surface area contributed by atoms with Crippen LogP contribution in [0.2, 0.25) is 0 Å². The third kappa shape index (κ3) is 3.64. The second-order valence-corrected chi connectivity index (χ2v) is 7.53. The van der Waals surface area contributed by atoms with Crippen LogP contribution in [0.25, 0.3) is 22.3 Å². The number of aliphatic hydroxyl groups excluding tert-OH is 1. The maximum Gasteiger partial charge on any atom is 0.224 e. The van der Waals surface area contributed by atoms with Gasteiger partial charge in [-0.1, -0.05) is 6.92 Å². The number of pyridine rings is 1. The Morgan fingerprint density at radius 1 is 1.29 bits per heavy atom. The van der Waals surface area contributed by atoms with Crippen LogP contribution in [0.1, 0.15) is 19.8 Å². The van der Waals surface area contributed by atoms with E-state index in [1.54, 1.807) is 18.3 Å². The first kappa shape index (κ1) is 18.6. The van der Waals surface area contributed by atoms with E-state index in [0.29, 0.717) is 32.5 Å². The van der Waals surface area contributed by atoms with Crippen molar-refractivity contribution >= 4 is 16.9 Å². The fourth-order valence-corrected chi connectivity index (χ4v) is 3.90. The lowest BCUT2D eigenvalue weighted by Gasteiger charge is -2.34. The van der Waals surface area contributed by atoms with Crippen LogP contribution in [0, 0.1) is 11.7 Å². The summed E-state index contributed by atoms with van der Waals surface area (Å²) in [6.07, 6.45) is 2.40. The fourth-order valence-electron chi connectivity index (χ4n) is 3.90. The maximum atomic E-state index is 13.3. The van der Waals surface area contributed by atoms with E-state index in [2.05, 4.69) is 4.98 Å².